The van der Waals surface area contributed by atoms with Gasteiger partial charge in [0.25, 0.3) is 0 Å². The number of hydrogen-bond acceptors (Lipinski definition) is 7. The highest BCUT2D eigenvalue weighted by Gasteiger charge is 2.43. The molecule has 0 aromatic heterocycles. The van der Waals surface area contributed by atoms with E-state index in [1.807, 2.05) is 26.8 Å². The highest BCUT2D eigenvalue weighted by Crippen LogP contribution is 2.45. The van der Waals surface area contributed by atoms with Crippen molar-refractivity contribution in [2.24, 2.45) is 29.1 Å². The van der Waals surface area contributed by atoms with E-state index in [1.54, 1.807) is 0 Å². The minimum absolute atomic E-state index is 0.0175. The molecular weight excluding hydrogens is 793 g/mol. The van der Waals surface area contributed by atoms with Gasteiger partial charge < -0.3 is 30.7 Å². The fourth-order valence-corrected chi connectivity index (χ4v) is 7.93. The van der Waals surface area contributed by atoms with E-state index in [2.05, 4.69) is 116 Å². The number of nitrogens with one attached hydrogen (secondary N) is 2. The second-order valence-corrected chi connectivity index (χ2v) is 18.1. The van der Waals surface area contributed by atoms with E-state index in [1.165, 1.54) is 5.57 Å². The Bertz CT molecular complexity index is 1620. The maximum Gasteiger partial charge on any atom is 0.326 e. The number of rotatable bonds is 31. The predicted molar refractivity (Wildman–Crippen MR) is 255 cm³/mol. The van der Waals surface area contributed by atoms with E-state index in [0.29, 0.717) is 51.5 Å². The summed E-state index contributed by atoms with van der Waals surface area (Å²) in [5, 5.41) is 36.7. The monoisotopic (exact) mass is 875 g/mol. The normalized spacial score (nSPS) is 22.0. The summed E-state index contributed by atoms with van der Waals surface area (Å²) in [6.07, 6.45) is 40.1. The average Bonchev–Trinajstić information content (AvgIpc) is 3.23. The SMILES string of the molecule is CC/C=C\C/C=C\C/C=C\C/C=C\C/C=C\C/C=C\CCC(=O)NCCCCC(NC(=O)CC(O)CC(O)CC[C@H]1C(C)C=CC2=C[C@H](C)CC(OC(=O)C(C)(C)CC)C21)C(=O)O. The van der Waals surface area contributed by atoms with Gasteiger partial charge in [0.2, 0.25) is 11.8 Å². The number of aliphatic carboxylic acids is 1. The van der Waals surface area contributed by atoms with E-state index in [4.69, 9.17) is 4.74 Å². The Morgan fingerprint density at radius 3 is 1.97 bits per heavy atom. The molecule has 0 spiro atoms. The first-order valence-corrected chi connectivity index (χ1v) is 23.8. The smallest absolute Gasteiger partial charge is 0.326 e. The van der Waals surface area contributed by atoms with Gasteiger partial charge >= 0.3 is 11.9 Å². The lowest BCUT2D eigenvalue weighted by molar-refractivity contribution is -0.164. The van der Waals surface area contributed by atoms with Crippen LogP contribution in [0, 0.1) is 29.1 Å². The first-order chi connectivity index (χ1) is 30.2. The summed E-state index contributed by atoms with van der Waals surface area (Å²) in [6, 6.07) is -1.12. The quantitative estimate of drug-likeness (QED) is 0.0261. The number of ether oxygens (including phenoxy) is 1. The molecule has 6 unspecified atom stereocenters. The number of carbonyl (C=O) groups excluding carboxylic acids is 3. The number of allylic oxidation sites excluding steroid dienone is 15. The van der Waals surface area contributed by atoms with Crippen LogP contribution >= 0.6 is 0 Å². The number of carboxylic acid groups (broad SMARTS) is 1. The fourth-order valence-electron chi connectivity index (χ4n) is 7.93. The van der Waals surface area contributed by atoms with Gasteiger partial charge in [-0.15, -0.1) is 0 Å². The molecule has 10 nitrogen and oxygen atoms in total. The van der Waals surface area contributed by atoms with Gasteiger partial charge in [-0.2, -0.15) is 0 Å². The zero-order valence-corrected chi connectivity index (χ0v) is 39.4. The summed E-state index contributed by atoms with van der Waals surface area (Å²) in [4.78, 5) is 50.0. The standard InChI is InChI=1S/C53H82N2O8/c1-7-9-10-11-12-13-14-15-16-17-18-19-20-21-22-23-24-25-26-30-48(58)54-35-28-27-29-46(51(60)61)55-49(59)39-44(57)38-43(56)33-34-45-41(4)31-32-42-36-40(3)37-47(50(42)45)63-52(62)53(5,6)8-2/h9-10,12-13,15-16,18-19,21-22,24-25,31-32,36,40-41,43-47,50,56-57H,7-8,11,14,17,20,23,26-30,33-35,37-39H2,1-6H3,(H,54,58)(H,55,59)(H,60,61)/b10-9-,13-12-,16-15-,19-18-,22-21-,25-24-/t40-,41?,43?,44?,45-,46?,47?,50?/m0/s1. The van der Waals surface area contributed by atoms with Crippen molar-refractivity contribution in [2.75, 3.05) is 6.54 Å². The lowest BCUT2D eigenvalue weighted by atomic mass is 9.65. The van der Waals surface area contributed by atoms with E-state index >= 15 is 0 Å². The van der Waals surface area contributed by atoms with Crippen LogP contribution in [0.15, 0.2) is 96.7 Å². The van der Waals surface area contributed by atoms with Crippen molar-refractivity contribution in [1.82, 2.24) is 10.6 Å². The molecule has 8 atom stereocenters. The van der Waals surface area contributed by atoms with Crippen LogP contribution in [-0.2, 0) is 23.9 Å². The van der Waals surface area contributed by atoms with Crippen molar-refractivity contribution in [3.8, 4) is 0 Å². The number of unbranched alkanes of at least 4 members (excludes halogenated alkanes) is 1. The van der Waals surface area contributed by atoms with Crippen LogP contribution in [0.1, 0.15) is 151 Å². The van der Waals surface area contributed by atoms with E-state index in [0.717, 1.165) is 44.9 Å². The average molecular weight is 875 g/mol. The highest BCUT2D eigenvalue weighted by atomic mass is 16.5. The minimum atomic E-state index is -1.17. The first kappa shape index (κ1) is 54.9. The summed E-state index contributed by atoms with van der Waals surface area (Å²) in [5.74, 6) is -1.40. The van der Waals surface area contributed by atoms with Crippen molar-refractivity contribution < 1.29 is 39.2 Å². The van der Waals surface area contributed by atoms with Gasteiger partial charge in [-0.25, -0.2) is 4.79 Å². The lowest BCUT2D eigenvalue weighted by Gasteiger charge is -2.44. The van der Waals surface area contributed by atoms with Crippen LogP contribution in [-0.4, -0.2) is 70.0 Å². The first-order valence-electron chi connectivity index (χ1n) is 23.8. The van der Waals surface area contributed by atoms with E-state index in [9.17, 15) is 34.5 Å². The Morgan fingerprint density at radius 1 is 0.810 bits per heavy atom. The Balaban J connectivity index is 1.63. The molecule has 2 aliphatic carbocycles. The predicted octanol–water partition coefficient (Wildman–Crippen LogP) is 10.4. The number of carbonyl (C=O) groups is 4. The third-order valence-corrected chi connectivity index (χ3v) is 12.1. The minimum Gasteiger partial charge on any atom is -0.480 e. The lowest BCUT2D eigenvalue weighted by Crippen LogP contribution is -2.43. The number of hydrogen-bond donors (Lipinski definition) is 5. The Hall–Kier alpha value is -4.28. The molecule has 0 bridgehead atoms. The second kappa shape index (κ2) is 31.5. The molecule has 0 aromatic rings. The molecule has 0 saturated carbocycles. The van der Waals surface area contributed by atoms with Crippen molar-refractivity contribution in [1.29, 1.82) is 0 Å². The zero-order valence-electron chi connectivity index (χ0n) is 39.4. The molecule has 0 radical (unpaired) electrons. The van der Waals surface area contributed by atoms with E-state index in [-0.39, 0.29) is 60.9 Å². The van der Waals surface area contributed by atoms with Crippen molar-refractivity contribution >= 4 is 23.8 Å². The van der Waals surface area contributed by atoms with Crippen molar-refractivity contribution in [3.05, 3.63) is 96.7 Å². The molecule has 2 aliphatic rings. The van der Waals surface area contributed by atoms with Crippen LogP contribution in [0.5, 0.6) is 0 Å². The molecule has 63 heavy (non-hydrogen) atoms. The molecule has 352 valence electrons. The van der Waals surface area contributed by atoms with Gasteiger partial charge in [0.1, 0.15) is 12.1 Å². The van der Waals surface area contributed by atoms with E-state index < -0.39 is 35.5 Å². The molecule has 0 aromatic carbocycles. The molecule has 0 saturated heterocycles. The molecule has 0 heterocycles. The number of aliphatic hydroxyl groups is 2. The van der Waals surface area contributed by atoms with Gasteiger partial charge in [0, 0.05) is 18.9 Å². The van der Waals surface area contributed by atoms with Gasteiger partial charge in [-0.1, -0.05) is 119 Å². The molecule has 2 amide bonds. The van der Waals surface area contributed by atoms with Gasteiger partial charge in [-0.05, 0) is 133 Å². The Kier molecular flexibility index (Phi) is 27.5. The van der Waals surface area contributed by atoms with Crippen LogP contribution in [0.4, 0.5) is 0 Å². The third kappa shape index (κ3) is 23.3. The largest absolute Gasteiger partial charge is 0.480 e. The molecular formula is C53H82N2O8. The fraction of sp³-hybridized carbons (Fsp3) is 0.623. The molecule has 2 rings (SSSR count). The molecule has 10 heteroatoms. The summed E-state index contributed by atoms with van der Waals surface area (Å²) >= 11 is 0. The Morgan fingerprint density at radius 2 is 1.40 bits per heavy atom. The molecule has 5 N–H and O–H groups in total. The van der Waals surface area contributed by atoms with Gasteiger partial charge in [0.05, 0.1) is 24.0 Å². The second-order valence-electron chi connectivity index (χ2n) is 18.1. The van der Waals surface area contributed by atoms with Crippen molar-refractivity contribution in [3.63, 3.8) is 0 Å². The number of carboxylic acids is 1. The maximum atomic E-state index is 13.1. The summed E-state index contributed by atoms with van der Waals surface area (Å²) in [7, 11) is 0. The highest BCUT2D eigenvalue weighted by molar-refractivity contribution is 5.83. The van der Waals surface area contributed by atoms with Gasteiger partial charge in [-0.3, -0.25) is 14.4 Å². The molecule has 0 aliphatic heterocycles. The number of amides is 2. The van der Waals surface area contributed by atoms with Gasteiger partial charge in [0.15, 0.2) is 0 Å². The summed E-state index contributed by atoms with van der Waals surface area (Å²) < 4.78 is 6.20. The summed E-state index contributed by atoms with van der Waals surface area (Å²) in [6.45, 7) is 12.6. The Labute approximate surface area is 379 Å². The number of fused-ring (bicyclic) bond motifs is 1. The van der Waals surface area contributed by atoms with Crippen LogP contribution in [0.2, 0.25) is 0 Å². The third-order valence-electron chi connectivity index (χ3n) is 12.1. The molecule has 0 fully saturated rings. The van der Waals surface area contributed by atoms with Crippen LogP contribution in [0.25, 0.3) is 0 Å². The summed E-state index contributed by atoms with van der Waals surface area (Å²) in [5.41, 5.74) is 0.594. The zero-order chi connectivity index (χ0) is 46.5. The van der Waals surface area contributed by atoms with Crippen LogP contribution in [0.3, 0.4) is 0 Å². The number of aliphatic hydroxyl groups excluding tert-OH is 2. The van der Waals surface area contributed by atoms with Crippen LogP contribution < -0.4 is 10.6 Å². The topological polar surface area (TPSA) is 162 Å². The van der Waals surface area contributed by atoms with Crippen molar-refractivity contribution in [2.45, 2.75) is 175 Å². The maximum absolute atomic E-state index is 13.1. The number of esters is 1.